The van der Waals surface area contributed by atoms with Crippen molar-refractivity contribution >= 4 is 22.9 Å². The van der Waals surface area contributed by atoms with Gasteiger partial charge < -0.3 is 5.32 Å². The minimum Gasteiger partial charge on any atom is -0.306 e. The Bertz CT molecular complexity index is 543. The zero-order valence-electron chi connectivity index (χ0n) is 10.4. The molecule has 1 unspecified atom stereocenters. The molecule has 0 spiro atoms. The summed E-state index contributed by atoms with van der Waals surface area (Å²) in [4.78, 5) is 0. The van der Waals surface area contributed by atoms with Gasteiger partial charge >= 0.3 is 0 Å². The molecule has 0 saturated carbocycles. The summed E-state index contributed by atoms with van der Waals surface area (Å²) >= 11 is 7.61. The van der Waals surface area contributed by atoms with Crippen molar-refractivity contribution in [3.63, 3.8) is 0 Å². The second-order valence-corrected chi connectivity index (χ2v) is 5.42. The lowest BCUT2D eigenvalue weighted by Crippen LogP contribution is -2.23. The lowest BCUT2D eigenvalue weighted by Gasteiger charge is -2.19. The van der Waals surface area contributed by atoms with Gasteiger partial charge in [-0.05, 0) is 53.1 Å². The highest BCUT2D eigenvalue weighted by Crippen LogP contribution is 2.31. The van der Waals surface area contributed by atoms with Gasteiger partial charge in [-0.2, -0.15) is 11.3 Å². The van der Waals surface area contributed by atoms with Crippen molar-refractivity contribution in [2.24, 2.45) is 0 Å². The highest BCUT2D eigenvalue weighted by molar-refractivity contribution is 7.08. The summed E-state index contributed by atoms with van der Waals surface area (Å²) in [5.74, 6) is -1.80. The largest absolute Gasteiger partial charge is 0.306 e. The molecule has 0 radical (unpaired) electrons. The van der Waals surface area contributed by atoms with Crippen LogP contribution in [-0.4, -0.2) is 6.54 Å². The summed E-state index contributed by atoms with van der Waals surface area (Å²) in [5, 5.41) is 7.47. The third kappa shape index (κ3) is 3.32. The van der Waals surface area contributed by atoms with E-state index in [9.17, 15) is 8.78 Å². The van der Waals surface area contributed by atoms with Crippen LogP contribution in [0.5, 0.6) is 0 Å². The first-order chi connectivity index (χ1) is 9.13. The highest BCUT2D eigenvalue weighted by Gasteiger charge is 2.19. The molecule has 0 aliphatic rings. The Labute approximate surface area is 120 Å². The summed E-state index contributed by atoms with van der Waals surface area (Å²) in [6.07, 6.45) is 0.946. The fourth-order valence-corrected chi connectivity index (χ4v) is 2.84. The second-order valence-electron chi connectivity index (χ2n) is 4.23. The Kier molecular flexibility index (Phi) is 4.91. The summed E-state index contributed by atoms with van der Waals surface area (Å²) in [5.41, 5.74) is 1.57. The van der Waals surface area contributed by atoms with Gasteiger partial charge in [0.15, 0.2) is 11.6 Å². The van der Waals surface area contributed by atoms with E-state index < -0.39 is 11.6 Å². The first kappa shape index (κ1) is 14.4. The SMILES string of the molecule is CCCNC(c1ccsc1)c1cc(F)c(F)cc1Cl. The van der Waals surface area contributed by atoms with Crippen molar-refractivity contribution < 1.29 is 8.78 Å². The van der Waals surface area contributed by atoms with Crippen molar-refractivity contribution in [2.45, 2.75) is 19.4 Å². The minimum absolute atomic E-state index is 0.214. The molecule has 0 fully saturated rings. The number of halogens is 3. The third-order valence-corrected chi connectivity index (χ3v) is 3.85. The van der Waals surface area contributed by atoms with Crippen molar-refractivity contribution in [2.75, 3.05) is 6.54 Å². The van der Waals surface area contributed by atoms with Crippen LogP contribution in [0.1, 0.15) is 30.5 Å². The molecular weight excluding hydrogens is 288 g/mol. The molecule has 102 valence electrons. The normalized spacial score (nSPS) is 12.6. The number of hydrogen-bond acceptors (Lipinski definition) is 2. The van der Waals surface area contributed by atoms with E-state index in [1.807, 2.05) is 23.8 Å². The van der Waals surface area contributed by atoms with Gasteiger partial charge in [-0.25, -0.2) is 8.78 Å². The molecule has 1 aromatic heterocycles. The Hall–Kier alpha value is -0.970. The molecule has 0 aliphatic carbocycles. The van der Waals surface area contributed by atoms with Gasteiger partial charge in [-0.15, -0.1) is 0 Å². The Balaban J connectivity index is 2.40. The second kappa shape index (κ2) is 6.46. The summed E-state index contributed by atoms with van der Waals surface area (Å²) in [6.45, 7) is 2.82. The fraction of sp³-hybridized carbons (Fsp3) is 0.286. The monoisotopic (exact) mass is 301 g/mol. The first-order valence-electron chi connectivity index (χ1n) is 6.03. The van der Waals surface area contributed by atoms with E-state index in [2.05, 4.69) is 5.32 Å². The van der Waals surface area contributed by atoms with E-state index in [1.54, 1.807) is 11.3 Å². The van der Waals surface area contributed by atoms with Crippen LogP contribution in [0.2, 0.25) is 5.02 Å². The van der Waals surface area contributed by atoms with Gasteiger partial charge in [0.05, 0.1) is 6.04 Å². The molecule has 2 rings (SSSR count). The van der Waals surface area contributed by atoms with Crippen LogP contribution in [-0.2, 0) is 0 Å². The van der Waals surface area contributed by atoms with E-state index in [1.165, 1.54) is 6.07 Å². The quantitative estimate of drug-likeness (QED) is 0.785. The molecule has 2 aromatic rings. The van der Waals surface area contributed by atoms with E-state index in [4.69, 9.17) is 11.6 Å². The van der Waals surface area contributed by atoms with Crippen LogP contribution >= 0.6 is 22.9 Å². The van der Waals surface area contributed by atoms with Crippen molar-refractivity contribution in [3.05, 3.63) is 56.7 Å². The smallest absolute Gasteiger partial charge is 0.160 e. The maximum atomic E-state index is 13.4. The van der Waals surface area contributed by atoms with E-state index in [0.717, 1.165) is 24.6 Å². The predicted octanol–water partition coefficient (Wildman–Crippen LogP) is 4.77. The van der Waals surface area contributed by atoms with Crippen LogP contribution in [0.15, 0.2) is 29.0 Å². The molecule has 1 atom stereocenters. The average molecular weight is 302 g/mol. The first-order valence-corrected chi connectivity index (χ1v) is 7.35. The van der Waals surface area contributed by atoms with Gasteiger partial charge in [0.25, 0.3) is 0 Å². The topological polar surface area (TPSA) is 12.0 Å². The Morgan fingerprint density at radius 3 is 2.68 bits per heavy atom. The molecule has 1 N–H and O–H groups in total. The molecule has 0 amide bonds. The third-order valence-electron chi connectivity index (χ3n) is 2.83. The van der Waals surface area contributed by atoms with Gasteiger partial charge in [-0.3, -0.25) is 0 Å². The Morgan fingerprint density at radius 1 is 1.32 bits per heavy atom. The molecule has 0 bridgehead atoms. The summed E-state index contributed by atoms with van der Waals surface area (Å²) in [7, 11) is 0. The summed E-state index contributed by atoms with van der Waals surface area (Å²) in [6, 6.07) is 3.94. The van der Waals surface area contributed by atoms with Crippen molar-refractivity contribution in [1.29, 1.82) is 0 Å². The van der Waals surface area contributed by atoms with Gasteiger partial charge in [0.1, 0.15) is 0 Å². The lowest BCUT2D eigenvalue weighted by atomic mass is 10.0. The number of hydrogen-bond donors (Lipinski definition) is 1. The number of nitrogens with one attached hydrogen (secondary N) is 1. The van der Waals surface area contributed by atoms with Crippen LogP contribution in [0.25, 0.3) is 0 Å². The zero-order valence-corrected chi connectivity index (χ0v) is 12.0. The van der Waals surface area contributed by atoms with Crippen molar-refractivity contribution in [1.82, 2.24) is 5.32 Å². The molecule has 0 saturated heterocycles. The predicted molar refractivity (Wildman–Crippen MR) is 75.8 cm³/mol. The maximum absolute atomic E-state index is 13.4. The zero-order chi connectivity index (χ0) is 13.8. The molecule has 0 aliphatic heterocycles. The van der Waals surface area contributed by atoms with Crippen molar-refractivity contribution in [3.8, 4) is 0 Å². The summed E-state index contributed by atoms with van der Waals surface area (Å²) < 4.78 is 26.6. The van der Waals surface area contributed by atoms with E-state index >= 15 is 0 Å². The van der Waals surface area contributed by atoms with E-state index in [0.29, 0.717) is 5.56 Å². The maximum Gasteiger partial charge on any atom is 0.160 e. The minimum atomic E-state index is -0.923. The number of benzene rings is 1. The number of rotatable bonds is 5. The molecular formula is C14H14ClF2NS. The van der Waals surface area contributed by atoms with Crippen LogP contribution in [0.3, 0.4) is 0 Å². The van der Waals surface area contributed by atoms with Crippen LogP contribution < -0.4 is 5.32 Å². The lowest BCUT2D eigenvalue weighted by molar-refractivity contribution is 0.503. The van der Waals surface area contributed by atoms with Gasteiger partial charge in [0, 0.05) is 5.02 Å². The van der Waals surface area contributed by atoms with E-state index in [-0.39, 0.29) is 11.1 Å². The average Bonchev–Trinajstić information content (AvgIpc) is 2.89. The molecule has 1 aromatic carbocycles. The molecule has 19 heavy (non-hydrogen) atoms. The molecule has 5 heteroatoms. The highest BCUT2D eigenvalue weighted by atomic mass is 35.5. The van der Waals surface area contributed by atoms with Gasteiger partial charge in [0.2, 0.25) is 0 Å². The molecule has 1 nitrogen and oxygen atoms in total. The fourth-order valence-electron chi connectivity index (χ4n) is 1.89. The van der Waals surface area contributed by atoms with Gasteiger partial charge in [-0.1, -0.05) is 18.5 Å². The Morgan fingerprint density at radius 2 is 2.05 bits per heavy atom. The molecule has 1 heterocycles. The standard InChI is InChI=1S/C14H14ClF2NS/c1-2-4-18-14(9-3-5-19-8-9)10-6-12(16)13(17)7-11(10)15/h3,5-8,14,18H,2,4H2,1H3. The number of thiophene rings is 1. The van der Waals surface area contributed by atoms with Crippen LogP contribution in [0, 0.1) is 11.6 Å². The van der Waals surface area contributed by atoms with Crippen LogP contribution in [0.4, 0.5) is 8.78 Å².